The van der Waals surface area contributed by atoms with Crippen molar-refractivity contribution in [3.8, 4) is 33.4 Å². The van der Waals surface area contributed by atoms with Gasteiger partial charge >= 0.3 is 0 Å². The van der Waals surface area contributed by atoms with Crippen LogP contribution in [0.3, 0.4) is 0 Å². The summed E-state index contributed by atoms with van der Waals surface area (Å²) >= 11 is 0. The van der Waals surface area contributed by atoms with E-state index in [2.05, 4.69) is 108 Å². The lowest BCUT2D eigenvalue weighted by Gasteiger charge is -2.20. The van der Waals surface area contributed by atoms with E-state index in [0.29, 0.717) is 6.54 Å². The van der Waals surface area contributed by atoms with Crippen LogP contribution in [0, 0.1) is 0 Å². The third kappa shape index (κ3) is 4.08. The van der Waals surface area contributed by atoms with Crippen molar-refractivity contribution < 1.29 is 0 Å². The number of nitrogens with zero attached hydrogens (tertiary/aromatic N) is 2. The molecule has 0 radical (unpaired) electrons. The lowest BCUT2D eigenvalue weighted by molar-refractivity contribution is 0.989. The zero-order valence-corrected chi connectivity index (χ0v) is 19.6. The molecule has 0 fully saturated rings. The van der Waals surface area contributed by atoms with E-state index in [0.717, 1.165) is 18.4 Å². The van der Waals surface area contributed by atoms with Crippen molar-refractivity contribution in [3.63, 3.8) is 0 Å². The first-order chi connectivity index (χ1) is 17.3. The monoisotopic (exact) mass is 450 g/mol. The summed E-state index contributed by atoms with van der Waals surface area (Å²) in [5.41, 5.74) is 11.2. The molecule has 0 saturated carbocycles. The third-order valence-electron chi connectivity index (χ3n) is 6.83. The quantitative estimate of drug-likeness (QED) is 0.247. The minimum absolute atomic E-state index is 0.595. The Hall–Kier alpha value is -4.30. The van der Waals surface area contributed by atoms with E-state index in [1.807, 2.05) is 12.3 Å². The summed E-state index contributed by atoms with van der Waals surface area (Å²) < 4.78 is 0. The van der Waals surface area contributed by atoms with Gasteiger partial charge in [0.2, 0.25) is 0 Å². The zero-order chi connectivity index (χ0) is 23.6. The van der Waals surface area contributed by atoms with E-state index < -0.39 is 0 Å². The number of rotatable bonds is 5. The van der Waals surface area contributed by atoms with E-state index >= 15 is 0 Å². The average Bonchev–Trinajstić information content (AvgIpc) is 2.92. The Morgan fingerprint density at radius 3 is 2.37 bits per heavy atom. The number of benzene rings is 4. The molecule has 1 aromatic heterocycles. The Kier molecular flexibility index (Phi) is 5.56. The van der Waals surface area contributed by atoms with E-state index in [1.54, 1.807) is 6.20 Å². The first-order valence-corrected chi connectivity index (χ1v) is 12.1. The van der Waals surface area contributed by atoms with Crippen molar-refractivity contribution in [2.24, 2.45) is 4.99 Å². The van der Waals surface area contributed by atoms with Crippen molar-refractivity contribution in [2.75, 3.05) is 0 Å². The Morgan fingerprint density at radius 1 is 0.771 bits per heavy atom. The van der Waals surface area contributed by atoms with Gasteiger partial charge in [-0.2, -0.15) is 0 Å². The van der Waals surface area contributed by atoms with Gasteiger partial charge in [-0.3, -0.25) is 9.98 Å². The third-order valence-corrected chi connectivity index (χ3v) is 6.83. The predicted octanol–water partition coefficient (Wildman–Crippen LogP) is 8.40. The van der Waals surface area contributed by atoms with E-state index in [-0.39, 0.29) is 0 Å². The number of hydrogen-bond acceptors (Lipinski definition) is 2. The summed E-state index contributed by atoms with van der Waals surface area (Å²) in [7, 11) is 0. The van der Waals surface area contributed by atoms with Crippen LogP contribution in [0.25, 0.3) is 50.2 Å². The van der Waals surface area contributed by atoms with Crippen LogP contribution >= 0.6 is 0 Å². The highest BCUT2D eigenvalue weighted by Gasteiger charge is 2.16. The van der Waals surface area contributed by atoms with Crippen LogP contribution in [0.1, 0.15) is 23.1 Å². The largest absolute Gasteiger partial charge is 0.296 e. The standard InChI is InChI=1S/C33H26N2/c1-34-21-23-17-29(25-14-12-24(13-15-25)28-9-6-16-35-22-28)20-30(18-23)33-31-10-4-2-7-26(31)19-27-8-3-5-11-32(27)33/h2,4-7,9-20,22H,1,3,8,21H2. The van der Waals surface area contributed by atoms with Gasteiger partial charge < -0.3 is 0 Å². The van der Waals surface area contributed by atoms with Crippen molar-refractivity contribution >= 4 is 23.6 Å². The molecule has 0 unspecified atom stereocenters. The second-order valence-electron chi connectivity index (χ2n) is 9.11. The fourth-order valence-electron chi connectivity index (χ4n) is 5.18. The lowest BCUT2D eigenvalue weighted by atomic mass is 9.84. The van der Waals surface area contributed by atoms with Gasteiger partial charge in [0, 0.05) is 12.4 Å². The van der Waals surface area contributed by atoms with Crippen LogP contribution in [0.2, 0.25) is 0 Å². The summed E-state index contributed by atoms with van der Waals surface area (Å²) in [6.07, 6.45) is 10.5. The second kappa shape index (κ2) is 9.15. The van der Waals surface area contributed by atoms with Crippen LogP contribution in [-0.2, 0) is 13.0 Å². The number of aromatic nitrogens is 1. The molecule has 0 amide bonds. The molecule has 5 aromatic rings. The average molecular weight is 451 g/mol. The highest BCUT2D eigenvalue weighted by atomic mass is 14.7. The van der Waals surface area contributed by atoms with Gasteiger partial charge in [-0.25, -0.2) is 0 Å². The molecule has 4 aromatic carbocycles. The topological polar surface area (TPSA) is 25.2 Å². The molecule has 168 valence electrons. The molecule has 2 nitrogen and oxygen atoms in total. The summed E-state index contributed by atoms with van der Waals surface area (Å²) in [5, 5.41) is 2.59. The molecular weight excluding hydrogens is 424 g/mol. The van der Waals surface area contributed by atoms with E-state index in [9.17, 15) is 0 Å². The lowest BCUT2D eigenvalue weighted by Crippen LogP contribution is -1.99. The van der Waals surface area contributed by atoms with E-state index in [4.69, 9.17) is 0 Å². The van der Waals surface area contributed by atoms with Gasteiger partial charge in [-0.05, 0) is 105 Å². The highest BCUT2D eigenvalue weighted by Crippen LogP contribution is 2.40. The van der Waals surface area contributed by atoms with Crippen molar-refractivity contribution in [2.45, 2.75) is 19.4 Å². The van der Waals surface area contributed by atoms with Gasteiger partial charge in [0.15, 0.2) is 0 Å². The van der Waals surface area contributed by atoms with Gasteiger partial charge in [-0.15, -0.1) is 0 Å². The van der Waals surface area contributed by atoms with Gasteiger partial charge in [-0.1, -0.05) is 72.8 Å². The molecule has 0 atom stereocenters. The maximum absolute atomic E-state index is 4.26. The number of aliphatic imine (C=N–C) groups is 1. The summed E-state index contributed by atoms with van der Waals surface area (Å²) in [4.78, 5) is 8.47. The first kappa shape index (κ1) is 21.2. The SMILES string of the molecule is C=NCc1cc(-c2ccc(-c3cccnc3)cc2)cc(-c2c3c(cc4ccccc24)CCC=C3)c1. The molecule has 0 spiro atoms. The maximum atomic E-state index is 4.26. The molecule has 1 aliphatic carbocycles. The number of hydrogen-bond donors (Lipinski definition) is 0. The Morgan fingerprint density at radius 2 is 1.57 bits per heavy atom. The number of allylic oxidation sites excluding steroid dienone is 1. The molecule has 0 bridgehead atoms. The summed E-state index contributed by atoms with van der Waals surface area (Å²) in [6.45, 7) is 4.35. The molecule has 1 heterocycles. The van der Waals surface area contributed by atoms with Crippen LogP contribution in [-0.4, -0.2) is 11.7 Å². The molecule has 1 aliphatic rings. The number of aryl methyl sites for hydroxylation is 1. The zero-order valence-electron chi connectivity index (χ0n) is 19.6. The molecule has 0 N–H and O–H groups in total. The van der Waals surface area contributed by atoms with Crippen molar-refractivity contribution in [1.82, 2.24) is 4.98 Å². The smallest absolute Gasteiger partial charge is 0.0632 e. The van der Waals surface area contributed by atoms with Gasteiger partial charge in [0.1, 0.15) is 0 Å². The van der Waals surface area contributed by atoms with Crippen LogP contribution in [0.4, 0.5) is 0 Å². The normalized spacial score (nSPS) is 12.5. The molecule has 35 heavy (non-hydrogen) atoms. The predicted molar refractivity (Wildman–Crippen MR) is 149 cm³/mol. The van der Waals surface area contributed by atoms with Crippen LogP contribution in [0.15, 0.2) is 108 Å². The number of fused-ring (bicyclic) bond motifs is 2. The first-order valence-electron chi connectivity index (χ1n) is 12.1. The minimum atomic E-state index is 0.595. The summed E-state index contributed by atoms with van der Waals surface area (Å²) in [6, 6.07) is 30.8. The summed E-state index contributed by atoms with van der Waals surface area (Å²) in [5.74, 6) is 0. The van der Waals surface area contributed by atoms with Crippen LogP contribution in [0.5, 0.6) is 0 Å². The number of pyridine rings is 1. The molecular formula is C33H26N2. The molecule has 0 saturated heterocycles. The Balaban J connectivity index is 1.53. The Bertz CT molecular complexity index is 1560. The van der Waals surface area contributed by atoms with Gasteiger partial charge in [0.25, 0.3) is 0 Å². The minimum Gasteiger partial charge on any atom is -0.296 e. The van der Waals surface area contributed by atoms with Crippen molar-refractivity contribution in [1.29, 1.82) is 0 Å². The Labute approximate surface area is 206 Å². The molecule has 2 heteroatoms. The maximum Gasteiger partial charge on any atom is 0.0632 e. The molecule has 6 rings (SSSR count). The van der Waals surface area contributed by atoms with E-state index in [1.165, 1.54) is 55.3 Å². The fraction of sp³-hybridized carbons (Fsp3) is 0.0909. The van der Waals surface area contributed by atoms with Crippen LogP contribution < -0.4 is 0 Å². The fourth-order valence-corrected chi connectivity index (χ4v) is 5.18. The van der Waals surface area contributed by atoms with Gasteiger partial charge in [0.05, 0.1) is 6.54 Å². The highest BCUT2D eigenvalue weighted by molar-refractivity contribution is 6.02. The second-order valence-corrected chi connectivity index (χ2v) is 9.11. The molecule has 0 aliphatic heterocycles. The van der Waals surface area contributed by atoms with Crippen molar-refractivity contribution in [3.05, 3.63) is 120 Å².